The maximum atomic E-state index is 6.07. The fourth-order valence-electron chi connectivity index (χ4n) is 2.23. The first-order valence-electron chi connectivity index (χ1n) is 4.77. The molecular formula is C10H21N. The zero-order valence-electron chi connectivity index (χ0n) is 8.06. The minimum absolute atomic E-state index is 0.417. The van der Waals surface area contributed by atoms with Crippen molar-refractivity contribution in [2.24, 2.45) is 17.1 Å². The van der Waals surface area contributed by atoms with E-state index in [9.17, 15) is 0 Å². The van der Waals surface area contributed by atoms with Crippen molar-refractivity contribution < 1.29 is 0 Å². The number of rotatable bonds is 0. The number of hydrogen-bond acceptors (Lipinski definition) is 1. The lowest BCUT2D eigenvalue weighted by molar-refractivity contribution is 0.153. The molecule has 1 nitrogen and oxygen atoms in total. The minimum atomic E-state index is 0.417. The van der Waals surface area contributed by atoms with E-state index in [-0.39, 0.29) is 0 Å². The predicted octanol–water partition coefficient (Wildman–Crippen LogP) is 2.55. The Bertz CT molecular complexity index is 123. The molecule has 0 radical (unpaired) electrons. The first-order chi connectivity index (χ1) is 5.02. The molecule has 1 fully saturated rings. The second-order valence-electron chi connectivity index (χ2n) is 4.92. The highest BCUT2D eigenvalue weighted by Gasteiger charge is 2.31. The van der Waals surface area contributed by atoms with Crippen LogP contribution >= 0.6 is 0 Å². The molecule has 1 aliphatic rings. The van der Waals surface area contributed by atoms with Gasteiger partial charge in [0, 0.05) is 6.04 Å². The van der Waals surface area contributed by atoms with Crippen LogP contribution in [0.25, 0.3) is 0 Å². The predicted molar refractivity (Wildman–Crippen MR) is 49.4 cm³/mol. The van der Waals surface area contributed by atoms with Gasteiger partial charge in [0.05, 0.1) is 0 Å². The lowest BCUT2D eigenvalue weighted by Gasteiger charge is -2.38. The number of nitrogens with two attached hydrogens (primary N) is 1. The largest absolute Gasteiger partial charge is 0.327 e. The van der Waals surface area contributed by atoms with Crippen molar-refractivity contribution in [2.75, 3.05) is 0 Å². The Labute approximate surface area is 70.4 Å². The van der Waals surface area contributed by atoms with Gasteiger partial charge in [-0.2, -0.15) is 0 Å². The maximum absolute atomic E-state index is 6.07. The van der Waals surface area contributed by atoms with Crippen molar-refractivity contribution in [2.45, 2.75) is 52.5 Å². The summed E-state index contributed by atoms with van der Waals surface area (Å²) < 4.78 is 0. The molecule has 66 valence electrons. The van der Waals surface area contributed by atoms with Gasteiger partial charge < -0.3 is 5.73 Å². The van der Waals surface area contributed by atoms with E-state index >= 15 is 0 Å². The third-order valence-electron chi connectivity index (χ3n) is 2.93. The molecule has 0 heterocycles. The molecule has 11 heavy (non-hydrogen) atoms. The Hall–Kier alpha value is -0.0400. The molecule has 0 saturated heterocycles. The zero-order chi connectivity index (χ0) is 8.48. The summed E-state index contributed by atoms with van der Waals surface area (Å²) >= 11 is 0. The van der Waals surface area contributed by atoms with Crippen molar-refractivity contribution in [1.29, 1.82) is 0 Å². The quantitative estimate of drug-likeness (QED) is 0.571. The van der Waals surface area contributed by atoms with Crippen LogP contribution < -0.4 is 5.73 Å². The molecule has 1 rings (SSSR count). The summed E-state index contributed by atoms with van der Waals surface area (Å²) in [5, 5.41) is 0. The van der Waals surface area contributed by atoms with Gasteiger partial charge in [-0.3, -0.25) is 0 Å². The molecule has 0 unspecified atom stereocenters. The molecule has 2 atom stereocenters. The van der Waals surface area contributed by atoms with Gasteiger partial charge in [0.1, 0.15) is 0 Å². The molecular weight excluding hydrogens is 134 g/mol. The van der Waals surface area contributed by atoms with Crippen LogP contribution in [0.2, 0.25) is 0 Å². The van der Waals surface area contributed by atoms with Gasteiger partial charge in [-0.05, 0) is 24.2 Å². The van der Waals surface area contributed by atoms with E-state index in [1.807, 2.05) is 0 Å². The minimum Gasteiger partial charge on any atom is -0.327 e. The second kappa shape index (κ2) is 3.14. The molecule has 0 aromatic heterocycles. The smallest absolute Gasteiger partial charge is 0.00721 e. The van der Waals surface area contributed by atoms with E-state index < -0.39 is 0 Å². The van der Waals surface area contributed by atoms with Crippen LogP contribution in [0.3, 0.4) is 0 Å². The van der Waals surface area contributed by atoms with E-state index in [2.05, 4.69) is 20.8 Å². The second-order valence-corrected chi connectivity index (χ2v) is 4.92. The summed E-state index contributed by atoms with van der Waals surface area (Å²) in [4.78, 5) is 0. The van der Waals surface area contributed by atoms with E-state index in [4.69, 9.17) is 5.73 Å². The first-order valence-corrected chi connectivity index (χ1v) is 4.77. The summed E-state index contributed by atoms with van der Waals surface area (Å²) in [6.45, 7) is 6.93. The fourth-order valence-corrected chi connectivity index (χ4v) is 2.23. The molecule has 1 saturated carbocycles. The molecule has 1 aliphatic carbocycles. The van der Waals surface area contributed by atoms with Crippen LogP contribution in [0.1, 0.15) is 46.5 Å². The van der Waals surface area contributed by atoms with Crippen LogP contribution in [0.5, 0.6) is 0 Å². The molecule has 0 aromatic carbocycles. The molecule has 0 amide bonds. The lowest BCUT2D eigenvalue weighted by Crippen LogP contribution is -2.40. The van der Waals surface area contributed by atoms with E-state index in [1.165, 1.54) is 25.7 Å². The maximum Gasteiger partial charge on any atom is 0.00721 e. The average Bonchev–Trinajstić information content (AvgIpc) is 1.86. The van der Waals surface area contributed by atoms with Gasteiger partial charge in [0.15, 0.2) is 0 Å². The van der Waals surface area contributed by atoms with Crippen molar-refractivity contribution in [3.63, 3.8) is 0 Å². The average molecular weight is 155 g/mol. The summed E-state index contributed by atoms with van der Waals surface area (Å²) in [6, 6.07) is 0.462. The van der Waals surface area contributed by atoms with Crippen molar-refractivity contribution in [3.05, 3.63) is 0 Å². The lowest BCUT2D eigenvalue weighted by atomic mass is 9.70. The summed E-state index contributed by atoms with van der Waals surface area (Å²) in [5.41, 5.74) is 6.48. The zero-order valence-corrected chi connectivity index (χ0v) is 8.06. The van der Waals surface area contributed by atoms with Gasteiger partial charge in [0.2, 0.25) is 0 Å². The Morgan fingerprint density at radius 2 is 1.64 bits per heavy atom. The van der Waals surface area contributed by atoms with Gasteiger partial charge in [-0.1, -0.05) is 33.6 Å². The van der Waals surface area contributed by atoms with Crippen molar-refractivity contribution in [1.82, 2.24) is 0 Å². The summed E-state index contributed by atoms with van der Waals surface area (Å²) in [7, 11) is 0. The molecule has 1 heteroatoms. The van der Waals surface area contributed by atoms with Crippen LogP contribution in [-0.2, 0) is 0 Å². The normalized spacial score (nSPS) is 33.8. The van der Waals surface area contributed by atoms with Gasteiger partial charge in [0.25, 0.3) is 0 Å². The molecule has 0 spiro atoms. The number of hydrogen-bond donors (Lipinski definition) is 1. The highest BCUT2D eigenvalue weighted by molar-refractivity contribution is 4.85. The summed E-state index contributed by atoms with van der Waals surface area (Å²) in [5.74, 6) is 0.747. The van der Waals surface area contributed by atoms with Crippen molar-refractivity contribution in [3.8, 4) is 0 Å². The van der Waals surface area contributed by atoms with E-state index in [1.54, 1.807) is 0 Å². The van der Waals surface area contributed by atoms with Crippen LogP contribution in [0.4, 0.5) is 0 Å². The van der Waals surface area contributed by atoms with Gasteiger partial charge in [-0.15, -0.1) is 0 Å². The monoisotopic (exact) mass is 155 g/mol. The molecule has 2 N–H and O–H groups in total. The van der Waals surface area contributed by atoms with Gasteiger partial charge >= 0.3 is 0 Å². The molecule has 0 aliphatic heterocycles. The highest BCUT2D eigenvalue weighted by Crippen LogP contribution is 2.36. The standard InChI is InChI=1S/C10H21N/c1-10(2,3)8-6-4-5-7-9(8)11/h8-9H,4-7,11H2,1-3H3/t8-,9-/m1/s1. The Morgan fingerprint density at radius 1 is 1.09 bits per heavy atom. The van der Waals surface area contributed by atoms with Crippen molar-refractivity contribution >= 4 is 0 Å². The van der Waals surface area contributed by atoms with E-state index in [0.29, 0.717) is 11.5 Å². The third-order valence-corrected chi connectivity index (χ3v) is 2.93. The van der Waals surface area contributed by atoms with Crippen LogP contribution in [-0.4, -0.2) is 6.04 Å². The van der Waals surface area contributed by atoms with E-state index in [0.717, 1.165) is 5.92 Å². The van der Waals surface area contributed by atoms with Crippen LogP contribution in [0, 0.1) is 11.3 Å². The Kier molecular flexibility index (Phi) is 2.58. The fraction of sp³-hybridized carbons (Fsp3) is 1.00. The molecule has 0 aromatic rings. The summed E-state index contributed by atoms with van der Waals surface area (Å²) in [6.07, 6.45) is 5.30. The van der Waals surface area contributed by atoms with Gasteiger partial charge in [-0.25, -0.2) is 0 Å². The third kappa shape index (κ3) is 2.19. The molecule has 0 bridgehead atoms. The highest BCUT2D eigenvalue weighted by atomic mass is 14.7. The van der Waals surface area contributed by atoms with Crippen LogP contribution in [0.15, 0.2) is 0 Å². The Morgan fingerprint density at radius 3 is 2.00 bits per heavy atom. The topological polar surface area (TPSA) is 26.0 Å². The first kappa shape index (κ1) is 9.05. The Balaban J connectivity index is 2.55. The SMILES string of the molecule is CC(C)(C)[C@@H]1CCCC[C@H]1N.